The number of carbonyl (C=O) groups excluding carboxylic acids is 2. The SMILES string of the molecule is CCC(NC(=O)C(=O)Nc1cccc(SC)c1)c1ccc2c(c1)CCCC2. The molecule has 0 saturated carbocycles. The number of hydrogen-bond donors (Lipinski definition) is 2. The van der Waals surface area contributed by atoms with Crippen molar-refractivity contribution in [3.05, 3.63) is 59.2 Å². The number of amides is 2. The number of hydrogen-bond acceptors (Lipinski definition) is 3. The number of benzene rings is 2. The van der Waals surface area contributed by atoms with Crippen LogP contribution in [-0.2, 0) is 22.4 Å². The van der Waals surface area contributed by atoms with Crippen molar-refractivity contribution < 1.29 is 9.59 Å². The van der Waals surface area contributed by atoms with Gasteiger partial charge in [0.15, 0.2) is 0 Å². The molecule has 0 heterocycles. The predicted octanol–water partition coefficient (Wildman–Crippen LogP) is 4.49. The highest BCUT2D eigenvalue weighted by Gasteiger charge is 2.20. The molecular formula is C22H26N2O2S. The molecule has 0 bridgehead atoms. The summed E-state index contributed by atoms with van der Waals surface area (Å²) in [6.45, 7) is 2.02. The van der Waals surface area contributed by atoms with Crippen molar-refractivity contribution in [2.45, 2.75) is 50.0 Å². The number of fused-ring (bicyclic) bond motifs is 1. The average Bonchev–Trinajstić information content (AvgIpc) is 2.71. The molecule has 0 aliphatic heterocycles. The molecule has 5 heteroatoms. The largest absolute Gasteiger partial charge is 0.341 e. The lowest BCUT2D eigenvalue weighted by Gasteiger charge is -2.21. The molecule has 0 aromatic heterocycles. The van der Waals surface area contributed by atoms with Crippen molar-refractivity contribution in [3.63, 3.8) is 0 Å². The zero-order valence-corrected chi connectivity index (χ0v) is 16.7. The first-order valence-corrected chi connectivity index (χ1v) is 10.7. The number of carbonyl (C=O) groups is 2. The Labute approximate surface area is 165 Å². The normalized spacial score (nSPS) is 14.1. The van der Waals surface area contributed by atoms with Crippen LogP contribution in [-0.4, -0.2) is 18.1 Å². The van der Waals surface area contributed by atoms with Gasteiger partial charge in [0, 0.05) is 10.6 Å². The topological polar surface area (TPSA) is 58.2 Å². The summed E-state index contributed by atoms with van der Waals surface area (Å²) in [5.74, 6) is -1.24. The number of nitrogens with one attached hydrogen (secondary N) is 2. The summed E-state index contributed by atoms with van der Waals surface area (Å²) >= 11 is 1.59. The fourth-order valence-electron chi connectivity index (χ4n) is 3.50. The minimum Gasteiger partial charge on any atom is -0.341 e. The zero-order chi connectivity index (χ0) is 19.2. The van der Waals surface area contributed by atoms with Crippen molar-refractivity contribution >= 4 is 29.3 Å². The highest BCUT2D eigenvalue weighted by atomic mass is 32.2. The van der Waals surface area contributed by atoms with E-state index in [0.29, 0.717) is 5.69 Å². The van der Waals surface area contributed by atoms with E-state index in [2.05, 4.69) is 28.8 Å². The Morgan fingerprint density at radius 2 is 1.81 bits per heavy atom. The summed E-state index contributed by atoms with van der Waals surface area (Å²) in [5.41, 5.74) is 4.50. The second kappa shape index (κ2) is 9.09. The zero-order valence-electron chi connectivity index (χ0n) is 15.9. The van der Waals surface area contributed by atoms with Crippen LogP contribution in [0.3, 0.4) is 0 Å². The number of thioether (sulfide) groups is 1. The number of rotatable bonds is 5. The molecule has 1 atom stereocenters. The highest BCUT2D eigenvalue weighted by molar-refractivity contribution is 7.98. The second-order valence-electron chi connectivity index (χ2n) is 6.86. The lowest BCUT2D eigenvalue weighted by Crippen LogP contribution is -2.37. The fourth-order valence-corrected chi connectivity index (χ4v) is 3.96. The van der Waals surface area contributed by atoms with Crippen molar-refractivity contribution in [2.24, 2.45) is 0 Å². The van der Waals surface area contributed by atoms with Gasteiger partial charge in [-0.3, -0.25) is 9.59 Å². The Morgan fingerprint density at radius 1 is 1.04 bits per heavy atom. The molecule has 142 valence electrons. The molecule has 3 rings (SSSR count). The molecule has 2 amide bonds. The van der Waals surface area contributed by atoms with Gasteiger partial charge in [0.2, 0.25) is 0 Å². The maximum Gasteiger partial charge on any atom is 0.313 e. The first-order valence-electron chi connectivity index (χ1n) is 9.48. The van der Waals surface area contributed by atoms with Gasteiger partial charge in [0.25, 0.3) is 0 Å². The van der Waals surface area contributed by atoms with Crippen molar-refractivity contribution in [1.29, 1.82) is 0 Å². The fraction of sp³-hybridized carbons (Fsp3) is 0.364. The van der Waals surface area contributed by atoms with Gasteiger partial charge in [0.1, 0.15) is 0 Å². The molecule has 1 unspecified atom stereocenters. The minimum absolute atomic E-state index is 0.159. The molecule has 0 fully saturated rings. The van der Waals surface area contributed by atoms with Crippen LogP contribution in [0.5, 0.6) is 0 Å². The van der Waals surface area contributed by atoms with E-state index in [4.69, 9.17) is 0 Å². The molecule has 27 heavy (non-hydrogen) atoms. The molecule has 1 aliphatic carbocycles. The third-order valence-corrected chi connectivity index (χ3v) is 5.75. The standard InChI is InChI=1S/C22H26N2O2S/c1-3-20(17-12-11-15-7-4-5-8-16(15)13-17)24-22(26)21(25)23-18-9-6-10-19(14-18)27-2/h6,9-14,20H,3-5,7-8H2,1-2H3,(H,23,25)(H,24,26). The Kier molecular flexibility index (Phi) is 6.56. The molecular weight excluding hydrogens is 356 g/mol. The quantitative estimate of drug-likeness (QED) is 0.592. The third-order valence-electron chi connectivity index (χ3n) is 5.02. The Morgan fingerprint density at radius 3 is 2.56 bits per heavy atom. The molecule has 4 nitrogen and oxygen atoms in total. The van der Waals surface area contributed by atoms with Gasteiger partial charge in [-0.05, 0) is 73.2 Å². The van der Waals surface area contributed by atoms with Crippen LogP contribution >= 0.6 is 11.8 Å². The van der Waals surface area contributed by atoms with Gasteiger partial charge < -0.3 is 10.6 Å². The Bertz CT molecular complexity index is 835. The third kappa shape index (κ3) is 4.92. The van der Waals surface area contributed by atoms with Gasteiger partial charge in [-0.25, -0.2) is 0 Å². The summed E-state index contributed by atoms with van der Waals surface area (Å²) in [7, 11) is 0. The maximum atomic E-state index is 12.4. The molecule has 1 aliphatic rings. The van der Waals surface area contributed by atoms with Gasteiger partial charge in [-0.1, -0.05) is 31.2 Å². The van der Waals surface area contributed by atoms with Crippen LogP contribution in [0.2, 0.25) is 0 Å². The highest BCUT2D eigenvalue weighted by Crippen LogP contribution is 2.26. The van der Waals surface area contributed by atoms with E-state index in [1.165, 1.54) is 24.0 Å². The Hall–Kier alpha value is -2.27. The van der Waals surface area contributed by atoms with E-state index in [9.17, 15) is 9.59 Å². The van der Waals surface area contributed by atoms with Crippen LogP contribution in [0.4, 0.5) is 5.69 Å². The summed E-state index contributed by atoms with van der Waals surface area (Å²) < 4.78 is 0. The first-order chi connectivity index (χ1) is 13.1. The van der Waals surface area contributed by atoms with Crippen LogP contribution in [0.25, 0.3) is 0 Å². The van der Waals surface area contributed by atoms with E-state index in [1.807, 2.05) is 31.4 Å². The molecule has 2 N–H and O–H groups in total. The molecule has 2 aromatic rings. The number of aryl methyl sites for hydroxylation is 2. The molecule has 0 saturated heterocycles. The summed E-state index contributed by atoms with van der Waals surface area (Å²) in [6, 6.07) is 13.8. The number of anilines is 1. The van der Waals surface area contributed by atoms with Gasteiger partial charge in [0.05, 0.1) is 6.04 Å². The second-order valence-corrected chi connectivity index (χ2v) is 7.74. The predicted molar refractivity (Wildman–Crippen MR) is 111 cm³/mol. The van der Waals surface area contributed by atoms with Crippen molar-refractivity contribution in [1.82, 2.24) is 5.32 Å². The van der Waals surface area contributed by atoms with Crippen LogP contribution in [0.15, 0.2) is 47.4 Å². The minimum atomic E-state index is -0.635. The van der Waals surface area contributed by atoms with Crippen molar-refractivity contribution in [2.75, 3.05) is 11.6 Å². The summed E-state index contributed by atoms with van der Waals surface area (Å²) in [6.07, 6.45) is 7.41. The van der Waals surface area contributed by atoms with E-state index >= 15 is 0 Å². The van der Waals surface area contributed by atoms with Crippen LogP contribution in [0.1, 0.15) is 48.9 Å². The molecule has 0 spiro atoms. The lowest BCUT2D eigenvalue weighted by atomic mass is 9.89. The maximum absolute atomic E-state index is 12.4. The lowest BCUT2D eigenvalue weighted by molar-refractivity contribution is -0.136. The van der Waals surface area contributed by atoms with Crippen molar-refractivity contribution in [3.8, 4) is 0 Å². The van der Waals surface area contributed by atoms with Gasteiger partial charge in [-0.15, -0.1) is 11.8 Å². The monoisotopic (exact) mass is 382 g/mol. The van der Waals surface area contributed by atoms with E-state index < -0.39 is 11.8 Å². The van der Waals surface area contributed by atoms with Gasteiger partial charge in [-0.2, -0.15) is 0 Å². The van der Waals surface area contributed by atoms with E-state index in [0.717, 1.165) is 29.7 Å². The smallest absolute Gasteiger partial charge is 0.313 e. The molecule has 2 aromatic carbocycles. The first kappa shape index (κ1) is 19.5. The summed E-state index contributed by atoms with van der Waals surface area (Å²) in [5, 5.41) is 5.57. The van der Waals surface area contributed by atoms with Crippen LogP contribution in [0, 0.1) is 0 Å². The Balaban J connectivity index is 1.66. The van der Waals surface area contributed by atoms with E-state index in [1.54, 1.807) is 17.8 Å². The van der Waals surface area contributed by atoms with E-state index in [-0.39, 0.29) is 6.04 Å². The van der Waals surface area contributed by atoms with Gasteiger partial charge >= 0.3 is 11.8 Å². The molecule has 0 radical (unpaired) electrons. The average molecular weight is 383 g/mol. The summed E-state index contributed by atoms with van der Waals surface area (Å²) in [4.78, 5) is 25.7. The van der Waals surface area contributed by atoms with Crippen LogP contribution < -0.4 is 10.6 Å².